The summed E-state index contributed by atoms with van der Waals surface area (Å²) >= 11 is 0. The average molecular weight is 383 g/mol. The van der Waals surface area contributed by atoms with E-state index >= 15 is 0 Å². The Morgan fingerprint density at radius 3 is 2.59 bits per heavy atom. The van der Waals surface area contributed by atoms with Gasteiger partial charge in [-0.05, 0) is 49.7 Å². The van der Waals surface area contributed by atoms with Crippen molar-refractivity contribution in [3.05, 3.63) is 35.7 Å². The van der Waals surface area contributed by atoms with Crippen molar-refractivity contribution in [3.8, 4) is 16.9 Å². The number of aromatic nitrogens is 2. The maximum atomic E-state index is 13.4. The number of nitrogens with one attached hydrogen (secondary N) is 1. The van der Waals surface area contributed by atoms with Crippen LogP contribution in [-0.2, 0) is 12.7 Å². The minimum Gasteiger partial charge on any atom is -0.493 e. The molecule has 0 aliphatic heterocycles. The molecule has 0 bridgehead atoms. The van der Waals surface area contributed by atoms with Gasteiger partial charge in [0.05, 0.1) is 24.1 Å². The molecular formula is C20H28F3N3O. The van der Waals surface area contributed by atoms with E-state index in [0.29, 0.717) is 24.3 Å². The summed E-state index contributed by atoms with van der Waals surface area (Å²) in [4.78, 5) is 2.13. The molecular weight excluding hydrogens is 355 g/mol. The van der Waals surface area contributed by atoms with Crippen molar-refractivity contribution in [2.45, 2.75) is 46.3 Å². The van der Waals surface area contributed by atoms with Crippen LogP contribution in [-0.4, -0.2) is 35.3 Å². The molecule has 2 rings (SSSR count). The maximum absolute atomic E-state index is 13.4. The Morgan fingerprint density at radius 1 is 1.22 bits per heavy atom. The van der Waals surface area contributed by atoms with E-state index in [9.17, 15) is 13.2 Å². The Balaban J connectivity index is 2.34. The Hall–Kier alpha value is -2.02. The summed E-state index contributed by atoms with van der Waals surface area (Å²) < 4.78 is 45.6. The molecule has 1 aromatic carbocycles. The highest BCUT2D eigenvalue weighted by atomic mass is 19.4. The third-order valence-corrected chi connectivity index (χ3v) is 4.17. The summed E-state index contributed by atoms with van der Waals surface area (Å²) in [6, 6.07) is 3.86. The first kappa shape index (κ1) is 21.3. The second-order valence-corrected chi connectivity index (χ2v) is 7.30. The van der Waals surface area contributed by atoms with E-state index in [-0.39, 0.29) is 11.7 Å². The summed E-state index contributed by atoms with van der Waals surface area (Å²) in [6.45, 7) is 7.90. The molecule has 0 saturated heterocycles. The Labute approximate surface area is 158 Å². The second kappa shape index (κ2) is 9.26. The number of unbranched alkanes of at least 4 members (excludes halogenated alkanes) is 1. The lowest BCUT2D eigenvalue weighted by Crippen LogP contribution is -2.19. The molecule has 150 valence electrons. The van der Waals surface area contributed by atoms with Crippen molar-refractivity contribution in [2.75, 3.05) is 20.2 Å². The summed E-state index contributed by atoms with van der Waals surface area (Å²) in [6.07, 6.45) is -0.709. The van der Waals surface area contributed by atoms with E-state index in [2.05, 4.69) is 22.0 Å². The summed E-state index contributed by atoms with van der Waals surface area (Å²) in [5, 5.41) is 6.98. The van der Waals surface area contributed by atoms with Crippen LogP contribution in [0.4, 0.5) is 13.2 Å². The highest BCUT2D eigenvalue weighted by Gasteiger charge is 2.32. The Bertz CT molecular complexity index is 726. The number of hydrogen-bond acceptors (Lipinski definition) is 3. The fraction of sp³-hybridized carbons (Fsp3) is 0.550. The summed E-state index contributed by atoms with van der Waals surface area (Å²) in [5.41, 5.74) is 1.20. The predicted molar refractivity (Wildman–Crippen MR) is 101 cm³/mol. The van der Waals surface area contributed by atoms with Crippen LogP contribution in [0.15, 0.2) is 24.4 Å². The fourth-order valence-corrected chi connectivity index (χ4v) is 2.72. The molecule has 0 aliphatic rings. The number of ether oxygens (including phenoxy) is 1. The van der Waals surface area contributed by atoms with Gasteiger partial charge in [0.2, 0.25) is 0 Å². The number of H-pyrrole nitrogens is 1. The number of halogens is 3. The van der Waals surface area contributed by atoms with Crippen molar-refractivity contribution in [1.29, 1.82) is 0 Å². The largest absolute Gasteiger partial charge is 0.493 e. The van der Waals surface area contributed by atoms with Crippen molar-refractivity contribution < 1.29 is 17.9 Å². The van der Waals surface area contributed by atoms with Gasteiger partial charge in [0, 0.05) is 12.1 Å². The maximum Gasteiger partial charge on any atom is 0.416 e. The van der Waals surface area contributed by atoms with Crippen LogP contribution < -0.4 is 4.74 Å². The number of alkyl halides is 3. The van der Waals surface area contributed by atoms with Gasteiger partial charge in [0.1, 0.15) is 5.75 Å². The lowest BCUT2D eigenvalue weighted by molar-refractivity contribution is -0.137. The molecule has 1 heterocycles. The van der Waals surface area contributed by atoms with Crippen LogP contribution in [0.1, 0.15) is 44.9 Å². The number of benzene rings is 1. The normalized spacial score (nSPS) is 12.2. The topological polar surface area (TPSA) is 41.2 Å². The van der Waals surface area contributed by atoms with Crippen LogP contribution in [0.3, 0.4) is 0 Å². The molecule has 0 unspecified atom stereocenters. The zero-order valence-corrected chi connectivity index (χ0v) is 16.4. The second-order valence-electron chi connectivity index (χ2n) is 7.30. The molecule has 7 heteroatoms. The molecule has 4 nitrogen and oxygen atoms in total. The van der Waals surface area contributed by atoms with Crippen LogP contribution in [0.5, 0.6) is 5.75 Å². The predicted octanol–water partition coefficient (Wildman–Crippen LogP) is 5.36. The first-order valence-electron chi connectivity index (χ1n) is 9.27. The lowest BCUT2D eigenvalue weighted by Gasteiger charge is -2.17. The summed E-state index contributed by atoms with van der Waals surface area (Å²) in [7, 11) is 1.99. The van der Waals surface area contributed by atoms with Crippen molar-refractivity contribution >= 4 is 0 Å². The third-order valence-electron chi connectivity index (χ3n) is 4.17. The number of rotatable bonds is 9. The SMILES string of the molecule is CCCCN(C)Cc1[nH]ncc1-c1cc(OCC(C)C)cc(C(F)(F)F)c1. The molecule has 0 amide bonds. The molecule has 0 radical (unpaired) electrons. The van der Waals surface area contributed by atoms with Gasteiger partial charge < -0.3 is 9.64 Å². The van der Waals surface area contributed by atoms with Gasteiger partial charge in [-0.3, -0.25) is 5.10 Å². The van der Waals surface area contributed by atoms with Gasteiger partial charge in [0.15, 0.2) is 0 Å². The summed E-state index contributed by atoms with van der Waals surface area (Å²) in [5.74, 6) is 0.444. The Morgan fingerprint density at radius 2 is 1.96 bits per heavy atom. The zero-order valence-electron chi connectivity index (χ0n) is 16.4. The van der Waals surface area contributed by atoms with E-state index in [1.807, 2.05) is 20.9 Å². The molecule has 27 heavy (non-hydrogen) atoms. The highest BCUT2D eigenvalue weighted by Crippen LogP contribution is 2.36. The van der Waals surface area contributed by atoms with Crippen LogP contribution in [0.2, 0.25) is 0 Å². The van der Waals surface area contributed by atoms with E-state index in [1.165, 1.54) is 0 Å². The molecule has 0 aliphatic carbocycles. The van der Waals surface area contributed by atoms with Crippen molar-refractivity contribution in [3.63, 3.8) is 0 Å². The standard InChI is InChI=1S/C20H28F3N3O/c1-5-6-7-26(4)12-19-18(11-24-25-19)15-8-16(20(21,22)23)10-17(9-15)27-13-14(2)3/h8-11,14H,5-7,12-13H2,1-4H3,(H,24,25). The van der Waals surface area contributed by atoms with E-state index in [1.54, 1.807) is 12.3 Å². The number of aromatic amines is 1. The molecule has 0 spiro atoms. The van der Waals surface area contributed by atoms with Crippen LogP contribution in [0, 0.1) is 5.92 Å². The highest BCUT2D eigenvalue weighted by molar-refractivity contribution is 5.68. The lowest BCUT2D eigenvalue weighted by atomic mass is 10.0. The van der Waals surface area contributed by atoms with E-state index in [4.69, 9.17) is 4.74 Å². The Kier molecular flexibility index (Phi) is 7.30. The minimum atomic E-state index is -4.44. The quantitative estimate of drug-likeness (QED) is 0.634. The molecule has 0 fully saturated rings. The van der Waals surface area contributed by atoms with Crippen LogP contribution in [0.25, 0.3) is 11.1 Å². The number of hydrogen-bond donors (Lipinski definition) is 1. The van der Waals surface area contributed by atoms with Crippen molar-refractivity contribution in [2.24, 2.45) is 5.92 Å². The first-order valence-corrected chi connectivity index (χ1v) is 9.27. The molecule has 1 N–H and O–H groups in total. The van der Waals surface area contributed by atoms with Crippen molar-refractivity contribution in [1.82, 2.24) is 15.1 Å². The average Bonchev–Trinajstić information content (AvgIpc) is 3.05. The first-order chi connectivity index (χ1) is 12.7. The van der Waals surface area contributed by atoms with Gasteiger partial charge >= 0.3 is 6.18 Å². The van der Waals surface area contributed by atoms with Crippen LogP contribution >= 0.6 is 0 Å². The van der Waals surface area contributed by atoms with Gasteiger partial charge in [0.25, 0.3) is 0 Å². The molecule has 2 aromatic rings. The molecule has 0 saturated carbocycles. The zero-order chi connectivity index (χ0) is 20.0. The molecule has 0 atom stereocenters. The van der Waals surface area contributed by atoms with Gasteiger partial charge in [-0.25, -0.2) is 0 Å². The van der Waals surface area contributed by atoms with Gasteiger partial charge in [-0.1, -0.05) is 27.2 Å². The minimum absolute atomic E-state index is 0.222. The van der Waals surface area contributed by atoms with Gasteiger partial charge in [-0.2, -0.15) is 18.3 Å². The van der Waals surface area contributed by atoms with E-state index in [0.717, 1.165) is 37.2 Å². The van der Waals surface area contributed by atoms with Gasteiger partial charge in [-0.15, -0.1) is 0 Å². The number of nitrogens with zero attached hydrogens (tertiary/aromatic N) is 2. The fourth-order valence-electron chi connectivity index (χ4n) is 2.72. The monoisotopic (exact) mass is 383 g/mol. The smallest absolute Gasteiger partial charge is 0.416 e. The molecule has 1 aromatic heterocycles. The van der Waals surface area contributed by atoms with E-state index < -0.39 is 11.7 Å². The third kappa shape index (κ3) is 6.27.